The number of aromatic nitrogens is 2. The summed E-state index contributed by atoms with van der Waals surface area (Å²) >= 11 is 0. The van der Waals surface area contributed by atoms with Crippen molar-refractivity contribution in [3.8, 4) is 0 Å². The van der Waals surface area contributed by atoms with Gasteiger partial charge in [0.05, 0.1) is 5.56 Å². The van der Waals surface area contributed by atoms with Gasteiger partial charge in [-0.05, 0) is 6.42 Å². The molecule has 3 heteroatoms. The second-order valence-corrected chi connectivity index (χ2v) is 4.44. The molecule has 0 aliphatic heterocycles. The maximum Gasteiger partial charge on any atom is 0.171 e. The van der Waals surface area contributed by atoms with Crippen LogP contribution in [0.15, 0.2) is 18.7 Å². The van der Waals surface area contributed by atoms with Crippen molar-refractivity contribution in [1.82, 2.24) is 9.97 Å². The third-order valence-electron chi connectivity index (χ3n) is 2.59. The van der Waals surface area contributed by atoms with Gasteiger partial charge in [0.15, 0.2) is 5.78 Å². The lowest BCUT2D eigenvalue weighted by Gasteiger charge is -2.22. The third-order valence-corrected chi connectivity index (χ3v) is 2.59. The number of unbranched alkanes of at least 4 members (excludes halogenated alkanes) is 1. The molecule has 15 heavy (non-hydrogen) atoms. The van der Waals surface area contributed by atoms with E-state index in [-0.39, 0.29) is 11.2 Å². The fourth-order valence-electron chi connectivity index (χ4n) is 1.54. The molecule has 0 aliphatic carbocycles. The lowest BCUT2D eigenvalue weighted by atomic mass is 9.80. The largest absolute Gasteiger partial charge is 0.293 e. The van der Waals surface area contributed by atoms with Crippen LogP contribution in [0.3, 0.4) is 0 Å². The van der Waals surface area contributed by atoms with Gasteiger partial charge in [-0.2, -0.15) is 0 Å². The van der Waals surface area contributed by atoms with E-state index in [1.54, 1.807) is 12.4 Å². The van der Waals surface area contributed by atoms with E-state index >= 15 is 0 Å². The summed E-state index contributed by atoms with van der Waals surface area (Å²) in [5, 5.41) is 0. The predicted octanol–water partition coefficient (Wildman–Crippen LogP) is 2.88. The minimum absolute atomic E-state index is 0.136. The molecule has 0 bridgehead atoms. The van der Waals surface area contributed by atoms with Crippen molar-refractivity contribution in [3.63, 3.8) is 0 Å². The van der Waals surface area contributed by atoms with Crippen molar-refractivity contribution in [3.05, 3.63) is 24.3 Å². The molecule has 1 heterocycles. The van der Waals surface area contributed by atoms with Crippen LogP contribution in [0.4, 0.5) is 0 Å². The van der Waals surface area contributed by atoms with E-state index in [9.17, 15) is 4.79 Å². The summed E-state index contributed by atoms with van der Waals surface area (Å²) in [7, 11) is 0. The zero-order valence-corrected chi connectivity index (χ0v) is 9.66. The molecule has 1 aromatic rings. The Morgan fingerprint density at radius 1 is 1.33 bits per heavy atom. The Labute approximate surface area is 91.0 Å². The van der Waals surface area contributed by atoms with Gasteiger partial charge in [0.1, 0.15) is 6.33 Å². The van der Waals surface area contributed by atoms with E-state index in [1.165, 1.54) is 6.33 Å². The van der Waals surface area contributed by atoms with Crippen molar-refractivity contribution >= 4 is 5.78 Å². The van der Waals surface area contributed by atoms with Crippen molar-refractivity contribution in [2.24, 2.45) is 5.41 Å². The summed E-state index contributed by atoms with van der Waals surface area (Å²) < 4.78 is 0. The maximum absolute atomic E-state index is 12.1. The van der Waals surface area contributed by atoms with Crippen LogP contribution in [0.25, 0.3) is 0 Å². The quantitative estimate of drug-likeness (QED) is 0.696. The highest BCUT2D eigenvalue weighted by Gasteiger charge is 2.27. The molecule has 1 rings (SSSR count). The number of Topliss-reactive ketones (excluding diaryl/α,β-unsaturated/α-hetero) is 1. The van der Waals surface area contributed by atoms with Gasteiger partial charge in [-0.15, -0.1) is 0 Å². The molecule has 0 spiro atoms. The van der Waals surface area contributed by atoms with Gasteiger partial charge in [-0.1, -0.05) is 33.6 Å². The van der Waals surface area contributed by atoms with Crippen LogP contribution < -0.4 is 0 Å². The van der Waals surface area contributed by atoms with Crippen molar-refractivity contribution in [1.29, 1.82) is 0 Å². The summed E-state index contributed by atoms with van der Waals surface area (Å²) in [6.07, 6.45) is 7.72. The molecule has 0 atom stereocenters. The lowest BCUT2D eigenvalue weighted by molar-refractivity contribution is 0.0822. The monoisotopic (exact) mass is 206 g/mol. The van der Waals surface area contributed by atoms with Crippen LogP contribution in [-0.4, -0.2) is 15.8 Å². The standard InChI is InChI=1S/C12H18N2O/c1-4-5-6-12(2,3)11(15)10-7-13-9-14-8-10/h7-9H,4-6H2,1-3H3. The second-order valence-electron chi connectivity index (χ2n) is 4.44. The highest BCUT2D eigenvalue weighted by molar-refractivity contribution is 5.99. The van der Waals surface area contributed by atoms with E-state index in [0.29, 0.717) is 5.56 Å². The minimum Gasteiger partial charge on any atom is -0.293 e. The van der Waals surface area contributed by atoms with Crippen LogP contribution in [0.1, 0.15) is 50.4 Å². The van der Waals surface area contributed by atoms with Crippen LogP contribution >= 0.6 is 0 Å². The first kappa shape index (κ1) is 11.8. The Morgan fingerprint density at radius 3 is 2.47 bits per heavy atom. The Morgan fingerprint density at radius 2 is 1.93 bits per heavy atom. The number of rotatable bonds is 5. The molecule has 0 aromatic carbocycles. The van der Waals surface area contributed by atoms with Crippen LogP contribution in [-0.2, 0) is 0 Å². The number of carbonyl (C=O) groups is 1. The third kappa shape index (κ3) is 3.11. The summed E-state index contributed by atoms with van der Waals surface area (Å²) in [5.74, 6) is 0.136. The van der Waals surface area contributed by atoms with Crippen molar-refractivity contribution in [2.75, 3.05) is 0 Å². The first-order chi connectivity index (χ1) is 7.08. The molecule has 0 saturated heterocycles. The van der Waals surface area contributed by atoms with Gasteiger partial charge in [0.2, 0.25) is 0 Å². The van der Waals surface area contributed by atoms with Gasteiger partial charge in [0.25, 0.3) is 0 Å². The SMILES string of the molecule is CCCCC(C)(C)C(=O)c1cncnc1. The van der Waals surface area contributed by atoms with Crippen molar-refractivity contribution < 1.29 is 4.79 Å². The molecule has 0 N–H and O–H groups in total. The van der Waals surface area contributed by atoms with E-state index in [0.717, 1.165) is 19.3 Å². The molecular formula is C12H18N2O. The number of ketones is 1. The molecule has 82 valence electrons. The van der Waals surface area contributed by atoms with Gasteiger partial charge in [-0.3, -0.25) is 4.79 Å². The van der Waals surface area contributed by atoms with Crippen LogP contribution in [0.5, 0.6) is 0 Å². The first-order valence-electron chi connectivity index (χ1n) is 5.37. The van der Waals surface area contributed by atoms with Gasteiger partial charge < -0.3 is 0 Å². The zero-order valence-electron chi connectivity index (χ0n) is 9.66. The highest BCUT2D eigenvalue weighted by atomic mass is 16.1. The van der Waals surface area contributed by atoms with Crippen molar-refractivity contribution in [2.45, 2.75) is 40.0 Å². The number of hydrogen-bond donors (Lipinski definition) is 0. The van der Waals surface area contributed by atoms with Gasteiger partial charge in [-0.25, -0.2) is 9.97 Å². The zero-order chi connectivity index (χ0) is 11.3. The fraction of sp³-hybridized carbons (Fsp3) is 0.583. The summed E-state index contributed by atoms with van der Waals surface area (Å²) in [4.78, 5) is 19.8. The molecule has 0 aliphatic rings. The molecule has 0 radical (unpaired) electrons. The molecule has 3 nitrogen and oxygen atoms in total. The molecule has 0 amide bonds. The Bertz CT molecular complexity index is 320. The summed E-state index contributed by atoms with van der Waals surface area (Å²) in [6, 6.07) is 0. The van der Waals surface area contributed by atoms with Gasteiger partial charge in [0, 0.05) is 17.8 Å². The number of hydrogen-bond acceptors (Lipinski definition) is 3. The van der Waals surface area contributed by atoms with E-state index in [4.69, 9.17) is 0 Å². The Kier molecular flexibility index (Phi) is 3.95. The maximum atomic E-state index is 12.1. The Balaban J connectivity index is 2.75. The average molecular weight is 206 g/mol. The topological polar surface area (TPSA) is 42.9 Å². The van der Waals surface area contributed by atoms with E-state index in [1.807, 2.05) is 13.8 Å². The smallest absolute Gasteiger partial charge is 0.171 e. The highest BCUT2D eigenvalue weighted by Crippen LogP contribution is 2.27. The second kappa shape index (κ2) is 5.01. The molecule has 0 fully saturated rings. The molecule has 0 saturated carbocycles. The predicted molar refractivity (Wildman–Crippen MR) is 59.7 cm³/mol. The average Bonchev–Trinajstić information content (AvgIpc) is 2.26. The molecule has 1 aromatic heterocycles. The minimum atomic E-state index is -0.305. The Hall–Kier alpha value is -1.25. The van der Waals surface area contributed by atoms with Crippen LogP contribution in [0.2, 0.25) is 0 Å². The normalized spacial score (nSPS) is 11.4. The number of carbonyl (C=O) groups excluding carboxylic acids is 1. The fourth-order valence-corrected chi connectivity index (χ4v) is 1.54. The van der Waals surface area contributed by atoms with E-state index in [2.05, 4.69) is 16.9 Å². The summed E-state index contributed by atoms with van der Waals surface area (Å²) in [5.41, 5.74) is 0.305. The van der Waals surface area contributed by atoms with Gasteiger partial charge >= 0.3 is 0 Å². The van der Waals surface area contributed by atoms with E-state index < -0.39 is 0 Å². The summed E-state index contributed by atoms with van der Waals surface area (Å²) in [6.45, 7) is 6.10. The lowest BCUT2D eigenvalue weighted by Crippen LogP contribution is -2.24. The number of nitrogens with zero attached hydrogens (tertiary/aromatic N) is 2. The molecular weight excluding hydrogens is 188 g/mol. The molecule has 0 unspecified atom stereocenters. The van der Waals surface area contributed by atoms with Crippen LogP contribution in [0, 0.1) is 5.41 Å². The first-order valence-corrected chi connectivity index (χ1v) is 5.37.